The number of aromatic nitrogens is 6. The number of benzene rings is 1. The second-order valence-corrected chi connectivity index (χ2v) is 9.03. The van der Waals surface area contributed by atoms with E-state index in [0.29, 0.717) is 44.7 Å². The zero-order valence-corrected chi connectivity index (χ0v) is 19.3. The van der Waals surface area contributed by atoms with Gasteiger partial charge in [0.2, 0.25) is 0 Å². The first kappa shape index (κ1) is 22.6. The summed E-state index contributed by atoms with van der Waals surface area (Å²) in [7, 11) is 1.68. The van der Waals surface area contributed by atoms with Crippen LogP contribution >= 0.6 is 23.4 Å². The molecule has 0 amide bonds. The largest absolute Gasteiger partial charge is 0.417 e. The fourth-order valence-corrected chi connectivity index (χ4v) is 4.61. The van der Waals surface area contributed by atoms with E-state index < -0.39 is 17.6 Å². The van der Waals surface area contributed by atoms with Crippen molar-refractivity contribution in [1.29, 1.82) is 0 Å². The SMILES string of the molecule is CCSc1nn2c(-c3ccc(F)c(Cl)c3)ccnc2c1-c1nc2cc(C(F)(F)F)cnc2n1C. The maximum absolute atomic E-state index is 13.7. The van der Waals surface area contributed by atoms with Crippen LogP contribution < -0.4 is 0 Å². The maximum Gasteiger partial charge on any atom is 0.417 e. The summed E-state index contributed by atoms with van der Waals surface area (Å²) < 4.78 is 56.5. The minimum atomic E-state index is -4.53. The number of hydrogen-bond donors (Lipinski definition) is 0. The minimum absolute atomic E-state index is 0.0279. The number of alkyl halides is 3. The summed E-state index contributed by atoms with van der Waals surface area (Å²) in [6.45, 7) is 1.96. The van der Waals surface area contributed by atoms with Gasteiger partial charge in [0.15, 0.2) is 11.3 Å². The van der Waals surface area contributed by atoms with Gasteiger partial charge in [0.1, 0.15) is 22.2 Å². The summed E-state index contributed by atoms with van der Waals surface area (Å²) in [6.07, 6.45) is -2.16. The van der Waals surface area contributed by atoms with E-state index in [1.807, 2.05) is 6.92 Å². The quantitative estimate of drug-likeness (QED) is 0.212. The predicted molar refractivity (Wildman–Crippen MR) is 122 cm³/mol. The number of rotatable bonds is 4. The van der Waals surface area contributed by atoms with Crippen LogP contribution in [-0.4, -0.2) is 34.9 Å². The average Bonchev–Trinajstić information content (AvgIpc) is 3.32. The summed E-state index contributed by atoms with van der Waals surface area (Å²) in [4.78, 5) is 12.9. The van der Waals surface area contributed by atoms with E-state index in [-0.39, 0.29) is 10.5 Å². The zero-order chi connectivity index (χ0) is 24.2. The highest BCUT2D eigenvalue weighted by Gasteiger charge is 2.32. The number of hydrogen-bond acceptors (Lipinski definition) is 5. The molecule has 12 heteroatoms. The topological polar surface area (TPSA) is 60.9 Å². The van der Waals surface area contributed by atoms with Crippen molar-refractivity contribution in [3.8, 4) is 22.6 Å². The molecule has 5 aromatic rings. The Morgan fingerprint density at radius 3 is 2.59 bits per heavy atom. The molecule has 0 fully saturated rings. The number of halogens is 5. The molecule has 0 unspecified atom stereocenters. The Bertz CT molecular complexity index is 1560. The van der Waals surface area contributed by atoms with Crippen LogP contribution in [0.2, 0.25) is 5.02 Å². The minimum Gasteiger partial charge on any atom is -0.312 e. The van der Waals surface area contributed by atoms with E-state index in [2.05, 4.69) is 15.0 Å². The van der Waals surface area contributed by atoms with Gasteiger partial charge in [-0.05, 0) is 36.1 Å². The highest BCUT2D eigenvalue weighted by molar-refractivity contribution is 7.99. The molecule has 1 aromatic carbocycles. The lowest BCUT2D eigenvalue weighted by Gasteiger charge is -2.06. The van der Waals surface area contributed by atoms with E-state index in [4.69, 9.17) is 16.7 Å². The predicted octanol–water partition coefficient (Wildman–Crippen LogP) is 6.27. The molecule has 34 heavy (non-hydrogen) atoms. The summed E-state index contributed by atoms with van der Waals surface area (Å²) in [5, 5.41) is 5.28. The van der Waals surface area contributed by atoms with Crippen LogP contribution in [0.4, 0.5) is 17.6 Å². The summed E-state index contributed by atoms with van der Waals surface area (Å²) in [5.74, 6) is 0.536. The summed E-state index contributed by atoms with van der Waals surface area (Å²) in [6, 6.07) is 7.05. The molecule has 4 aromatic heterocycles. The lowest BCUT2D eigenvalue weighted by molar-refractivity contribution is -0.137. The number of fused-ring (bicyclic) bond motifs is 2. The Hall–Kier alpha value is -3.18. The second-order valence-electron chi connectivity index (χ2n) is 7.37. The van der Waals surface area contributed by atoms with Crippen LogP contribution in [-0.2, 0) is 13.2 Å². The van der Waals surface area contributed by atoms with Gasteiger partial charge in [-0.25, -0.2) is 23.9 Å². The molecule has 0 saturated heterocycles. The van der Waals surface area contributed by atoms with Gasteiger partial charge in [0, 0.05) is 25.0 Å². The molecule has 0 N–H and O–H groups in total. The molecule has 0 atom stereocenters. The first-order valence-electron chi connectivity index (χ1n) is 10.0. The van der Waals surface area contributed by atoms with Crippen LogP contribution in [0.5, 0.6) is 0 Å². The molecular weight excluding hydrogens is 492 g/mol. The Morgan fingerprint density at radius 2 is 1.88 bits per heavy atom. The highest BCUT2D eigenvalue weighted by Crippen LogP contribution is 2.37. The van der Waals surface area contributed by atoms with Crippen molar-refractivity contribution in [2.75, 3.05) is 5.75 Å². The van der Waals surface area contributed by atoms with Crippen molar-refractivity contribution in [3.63, 3.8) is 0 Å². The van der Waals surface area contributed by atoms with Crippen molar-refractivity contribution < 1.29 is 17.6 Å². The first-order valence-corrected chi connectivity index (χ1v) is 11.4. The van der Waals surface area contributed by atoms with Gasteiger partial charge in [-0.2, -0.15) is 18.3 Å². The normalized spacial score (nSPS) is 12.2. The standard InChI is InChI=1S/C22H15ClF4N6S/c1-3-34-21-17(20-30-15-9-12(22(25,26)27)10-29-18(15)32(20)2)19-28-7-6-16(33(19)31-21)11-4-5-14(24)13(23)8-11/h4-10H,3H2,1-2H3. The molecule has 174 valence electrons. The van der Waals surface area contributed by atoms with Crippen molar-refractivity contribution in [2.45, 2.75) is 18.1 Å². The van der Waals surface area contributed by atoms with Gasteiger partial charge < -0.3 is 4.57 Å². The number of imidazole rings is 1. The lowest BCUT2D eigenvalue weighted by Crippen LogP contribution is -2.05. The average molecular weight is 507 g/mol. The van der Waals surface area contributed by atoms with Crippen molar-refractivity contribution in [2.24, 2.45) is 7.05 Å². The van der Waals surface area contributed by atoms with Gasteiger partial charge in [-0.3, -0.25) is 0 Å². The van der Waals surface area contributed by atoms with E-state index in [1.165, 1.54) is 23.9 Å². The molecule has 0 aliphatic carbocycles. The molecule has 0 aliphatic heterocycles. The van der Waals surface area contributed by atoms with Crippen molar-refractivity contribution >= 4 is 40.2 Å². The highest BCUT2D eigenvalue weighted by atomic mass is 35.5. The first-order chi connectivity index (χ1) is 16.2. The Morgan fingerprint density at radius 1 is 1.09 bits per heavy atom. The van der Waals surface area contributed by atoms with Crippen LogP contribution in [0, 0.1) is 5.82 Å². The number of thioether (sulfide) groups is 1. The Balaban J connectivity index is 1.76. The zero-order valence-electron chi connectivity index (χ0n) is 17.7. The smallest absolute Gasteiger partial charge is 0.312 e. The Labute approximate surface area is 199 Å². The fourth-order valence-electron chi connectivity index (χ4n) is 3.69. The van der Waals surface area contributed by atoms with Gasteiger partial charge in [0.25, 0.3) is 0 Å². The molecule has 0 saturated carbocycles. The molecular formula is C22H15ClF4N6S. The monoisotopic (exact) mass is 506 g/mol. The van der Waals surface area contributed by atoms with E-state index >= 15 is 0 Å². The van der Waals surface area contributed by atoms with Crippen molar-refractivity contribution in [3.05, 3.63) is 59.1 Å². The third-order valence-corrected chi connectivity index (χ3v) is 6.38. The molecule has 0 spiro atoms. The lowest BCUT2D eigenvalue weighted by atomic mass is 10.1. The molecule has 4 heterocycles. The van der Waals surface area contributed by atoms with Crippen LogP contribution in [0.25, 0.3) is 39.5 Å². The maximum atomic E-state index is 13.7. The molecule has 0 bridgehead atoms. The second kappa shape index (κ2) is 8.24. The number of aryl methyl sites for hydroxylation is 1. The third kappa shape index (κ3) is 3.68. The van der Waals surface area contributed by atoms with Gasteiger partial charge in [-0.15, -0.1) is 11.8 Å². The molecule has 0 radical (unpaired) electrons. The van der Waals surface area contributed by atoms with Crippen LogP contribution in [0.1, 0.15) is 12.5 Å². The summed E-state index contributed by atoms with van der Waals surface area (Å²) in [5.41, 5.74) is 1.80. The Kier molecular flexibility index (Phi) is 5.48. The number of nitrogens with zero attached hydrogens (tertiary/aromatic N) is 6. The molecule has 5 rings (SSSR count). The van der Waals surface area contributed by atoms with E-state index in [9.17, 15) is 17.6 Å². The van der Waals surface area contributed by atoms with Crippen molar-refractivity contribution in [1.82, 2.24) is 29.1 Å². The molecule has 0 aliphatic rings. The van der Waals surface area contributed by atoms with Gasteiger partial charge >= 0.3 is 6.18 Å². The van der Waals surface area contributed by atoms with Gasteiger partial charge in [0.05, 0.1) is 21.8 Å². The van der Waals surface area contributed by atoms with Crippen LogP contribution in [0.3, 0.4) is 0 Å². The third-order valence-electron chi connectivity index (χ3n) is 5.24. The summed E-state index contributed by atoms with van der Waals surface area (Å²) >= 11 is 7.43. The number of pyridine rings is 1. The van der Waals surface area contributed by atoms with E-state index in [0.717, 1.165) is 12.3 Å². The van der Waals surface area contributed by atoms with E-state index in [1.54, 1.807) is 34.5 Å². The van der Waals surface area contributed by atoms with Crippen LogP contribution in [0.15, 0.2) is 47.8 Å². The molecule has 6 nitrogen and oxygen atoms in total. The van der Waals surface area contributed by atoms with Gasteiger partial charge in [-0.1, -0.05) is 18.5 Å². The fraction of sp³-hybridized carbons (Fsp3) is 0.182.